The SMILES string of the molecule is Cc1cccc(C)c1CC1(C(C)C)CCC(=O)N1. The van der Waals surface area contributed by atoms with Crippen LogP contribution in [-0.4, -0.2) is 11.4 Å². The van der Waals surface area contributed by atoms with Crippen LogP contribution in [0.15, 0.2) is 18.2 Å². The first-order valence-electron chi connectivity index (χ1n) is 6.81. The number of hydrogen-bond donors (Lipinski definition) is 1. The average Bonchev–Trinajstić information content (AvgIpc) is 2.67. The minimum atomic E-state index is -0.0477. The molecule has 1 amide bonds. The van der Waals surface area contributed by atoms with Gasteiger partial charge in [-0.25, -0.2) is 0 Å². The van der Waals surface area contributed by atoms with Crippen LogP contribution in [0.2, 0.25) is 0 Å². The number of hydrogen-bond acceptors (Lipinski definition) is 1. The van der Waals surface area contributed by atoms with E-state index < -0.39 is 0 Å². The molecule has 0 radical (unpaired) electrons. The van der Waals surface area contributed by atoms with E-state index in [1.165, 1.54) is 16.7 Å². The zero-order chi connectivity index (χ0) is 13.3. The Morgan fingerprint density at radius 3 is 2.33 bits per heavy atom. The predicted octanol–water partition coefficient (Wildman–Crippen LogP) is 3.15. The standard InChI is InChI=1S/C16H23NO/c1-11(2)16(9-8-15(18)17-16)10-14-12(3)6-5-7-13(14)4/h5-7,11H,8-10H2,1-4H3,(H,17,18). The molecule has 1 aliphatic heterocycles. The highest BCUT2D eigenvalue weighted by Gasteiger charge is 2.40. The molecule has 1 heterocycles. The number of amides is 1. The van der Waals surface area contributed by atoms with E-state index in [1.54, 1.807) is 0 Å². The lowest BCUT2D eigenvalue weighted by Crippen LogP contribution is -2.48. The summed E-state index contributed by atoms with van der Waals surface area (Å²) in [5.74, 6) is 0.665. The van der Waals surface area contributed by atoms with Gasteiger partial charge in [-0.1, -0.05) is 32.0 Å². The van der Waals surface area contributed by atoms with E-state index >= 15 is 0 Å². The average molecular weight is 245 g/mol. The minimum absolute atomic E-state index is 0.0477. The third-order valence-electron chi connectivity index (χ3n) is 4.43. The van der Waals surface area contributed by atoms with E-state index in [0.29, 0.717) is 12.3 Å². The number of carbonyl (C=O) groups is 1. The number of benzene rings is 1. The molecule has 0 saturated carbocycles. The Labute approximate surface area is 110 Å². The zero-order valence-corrected chi connectivity index (χ0v) is 11.8. The van der Waals surface area contributed by atoms with Crippen LogP contribution < -0.4 is 5.32 Å². The van der Waals surface area contributed by atoms with E-state index in [2.05, 4.69) is 51.2 Å². The number of carbonyl (C=O) groups excluding carboxylic acids is 1. The molecule has 1 aromatic rings. The first-order valence-corrected chi connectivity index (χ1v) is 6.81. The molecule has 2 nitrogen and oxygen atoms in total. The summed E-state index contributed by atoms with van der Waals surface area (Å²) in [6, 6.07) is 6.42. The summed E-state index contributed by atoms with van der Waals surface area (Å²) in [5.41, 5.74) is 4.01. The fourth-order valence-corrected chi connectivity index (χ4v) is 2.95. The Morgan fingerprint density at radius 1 is 1.28 bits per heavy atom. The van der Waals surface area contributed by atoms with Crippen LogP contribution in [0.1, 0.15) is 43.4 Å². The molecule has 1 N–H and O–H groups in total. The summed E-state index contributed by atoms with van der Waals surface area (Å²) in [4.78, 5) is 11.6. The lowest BCUT2D eigenvalue weighted by molar-refractivity contribution is -0.120. The Kier molecular flexibility index (Phi) is 3.47. The van der Waals surface area contributed by atoms with Gasteiger partial charge in [0.25, 0.3) is 0 Å². The van der Waals surface area contributed by atoms with Gasteiger partial charge in [-0.05, 0) is 49.3 Å². The molecule has 1 fully saturated rings. The third kappa shape index (κ3) is 2.29. The Hall–Kier alpha value is -1.31. The van der Waals surface area contributed by atoms with Crippen molar-refractivity contribution in [1.82, 2.24) is 5.32 Å². The minimum Gasteiger partial charge on any atom is -0.350 e. The first-order chi connectivity index (χ1) is 8.44. The van der Waals surface area contributed by atoms with Crippen molar-refractivity contribution in [1.29, 1.82) is 0 Å². The highest BCUT2D eigenvalue weighted by Crippen LogP contribution is 2.33. The van der Waals surface area contributed by atoms with Gasteiger partial charge in [0.1, 0.15) is 0 Å². The van der Waals surface area contributed by atoms with E-state index in [9.17, 15) is 4.79 Å². The van der Waals surface area contributed by atoms with Gasteiger partial charge < -0.3 is 5.32 Å². The Bertz CT molecular complexity index is 444. The molecule has 1 unspecified atom stereocenters. The predicted molar refractivity (Wildman–Crippen MR) is 74.6 cm³/mol. The van der Waals surface area contributed by atoms with Crippen molar-refractivity contribution in [2.45, 2.75) is 52.5 Å². The number of rotatable bonds is 3. The maximum atomic E-state index is 11.6. The maximum Gasteiger partial charge on any atom is 0.220 e. The molecule has 0 aromatic heterocycles. The lowest BCUT2D eigenvalue weighted by atomic mass is 9.78. The van der Waals surface area contributed by atoms with Crippen molar-refractivity contribution < 1.29 is 4.79 Å². The summed E-state index contributed by atoms with van der Waals surface area (Å²) < 4.78 is 0. The third-order valence-corrected chi connectivity index (χ3v) is 4.43. The van der Waals surface area contributed by atoms with Gasteiger partial charge >= 0.3 is 0 Å². The molecule has 2 heteroatoms. The molecular formula is C16H23NO. The smallest absolute Gasteiger partial charge is 0.220 e. The normalized spacial score (nSPS) is 23.5. The number of aryl methyl sites for hydroxylation is 2. The highest BCUT2D eigenvalue weighted by atomic mass is 16.2. The van der Waals surface area contributed by atoms with Crippen LogP contribution >= 0.6 is 0 Å². The summed E-state index contributed by atoms with van der Waals surface area (Å²) in [6.45, 7) is 8.73. The fraction of sp³-hybridized carbons (Fsp3) is 0.562. The molecule has 1 saturated heterocycles. The second kappa shape index (κ2) is 4.75. The van der Waals surface area contributed by atoms with E-state index in [0.717, 1.165) is 12.8 Å². The molecule has 0 spiro atoms. The zero-order valence-electron chi connectivity index (χ0n) is 11.8. The molecule has 18 heavy (non-hydrogen) atoms. The van der Waals surface area contributed by atoms with Crippen LogP contribution in [0.3, 0.4) is 0 Å². The number of nitrogens with one attached hydrogen (secondary N) is 1. The van der Waals surface area contributed by atoms with Gasteiger partial charge in [-0.15, -0.1) is 0 Å². The Morgan fingerprint density at radius 2 is 1.89 bits per heavy atom. The quantitative estimate of drug-likeness (QED) is 0.871. The second-order valence-corrected chi connectivity index (χ2v) is 5.91. The highest BCUT2D eigenvalue weighted by molar-refractivity contribution is 5.79. The van der Waals surface area contributed by atoms with Crippen LogP contribution in [0.25, 0.3) is 0 Å². The van der Waals surface area contributed by atoms with Crippen molar-refractivity contribution in [3.8, 4) is 0 Å². The molecular weight excluding hydrogens is 222 g/mol. The summed E-state index contributed by atoms with van der Waals surface area (Å²) in [7, 11) is 0. The van der Waals surface area contributed by atoms with Crippen molar-refractivity contribution in [2.75, 3.05) is 0 Å². The monoisotopic (exact) mass is 245 g/mol. The molecule has 1 aromatic carbocycles. The van der Waals surface area contributed by atoms with Gasteiger partial charge in [-0.3, -0.25) is 4.79 Å². The van der Waals surface area contributed by atoms with Crippen molar-refractivity contribution in [2.24, 2.45) is 5.92 Å². The molecule has 1 aliphatic rings. The van der Waals surface area contributed by atoms with Gasteiger partial charge in [-0.2, -0.15) is 0 Å². The van der Waals surface area contributed by atoms with E-state index in [1.807, 2.05) is 0 Å². The lowest BCUT2D eigenvalue weighted by Gasteiger charge is -2.34. The fourth-order valence-electron chi connectivity index (χ4n) is 2.95. The van der Waals surface area contributed by atoms with E-state index in [-0.39, 0.29) is 11.4 Å². The largest absolute Gasteiger partial charge is 0.350 e. The molecule has 1 atom stereocenters. The Balaban J connectivity index is 2.33. The van der Waals surface area contributed by atoms with Gasteiger partial charge in [0.2, 0.25) is 5.91 Å². The van der Waals surface area contributed by atoms with Crippen LogP contribution in [0.4, 0.5) is 0 Å². The van der Waals surface area contributed by atoms with Gasteiger partial charge in [0, 0.05) is 12.0 Å². The van der Waals surface area contributed by atoms with E-state index in [4.69, 9.17) is 0 Å². The topological polar surface area (TPSA) is 29.1 Å². The maximum absolute atomic E-state index is 11.6. The second-order valence-electron chi connectivity index (χ2n) is 5.91. The molecule has 98 valence electrons. The molecule has 0 aliphatic carbocycles. The molecule has 2 rings (SSSR count). The van der Waals surface area contributed by atoms with Crippen molar-refractivity contribution in [3.05, 3.63) is 34.9 Å². The van der Waals surface area contributed by atoms with Crippen molar-refractivity contribution in [3.63, 3.8) is 0 Å². The van der Waals surface area contributed by atoms with Crippen LogP contribution in [0.5, 0.6) is 0 Å². The summed E-state index contributed by atoms with van der Waals surface area (Å²) in [5, 5.41) is 3.23. The van der Waals surface area contributed by atoms with Gasteiger partial charge in [0.05, 0.1) is 0 Å². The van der Waals surface area contributed by atoms with Crippen molar-refractivity contribution >= 4 is 5.91 Å². The van der Waals surface area contributed by atoms with Gasteiger partial charge in [0.15, 0.2) is 0 Å². The van der Waals surface area contributed by atoms with Crippen LogP contribution in [-0.2, 0) is 11.2 Å². The summed E-state index contributed by atoms with van der Waals surface area (Å²) in [6.07, 6.45) is 2.58. The molecule has 0 bridgehead atoms. The first kappa shape index (κ1) is 13.1. The summed E-state index contributed by atoms with van der Waals surface area (Å²) >= 11 is 0. The van der Waals surface area contributed by atoms with Crippen LogP contribution in [0, 0.1) is 19.8 Å².